The number of amides is 1. The van der Waals surface area contributed by atoms with Crippen molar-refractivity contribution in [3.63, 3.8) is 0 Å². The SMILES string of the molecule is COc1ccc(NC(=O)[C@@H](NS(=O)(=O)c2ccc3nc(C)sc3c2)C(C)C)cc1OC. The number of thiazole rings is 1. The van der Waals surface area contributed by atoms with Gasteiger partial charge in [0.25, 0.3) is 0 Å². The molecule has 31 heavy (non-hydrogen) atoms. The first kappa shape index (κ1) is 23.0. The first-order valence-corrected chi connectivity index (χ1v) is 11.9. The van der Waals surface area contributed by atoms with Crippen LogP contribution in [-0.4, -0.2) is 39.6 Å². The highest BCUT2D eigenvalue weighted by Gasteiger charge is 2.29. The molecule has 0 saturated heterocycles. The molecular weight excluding hydrogens is 438 g/mol. The number of methoxy groups -OCH3 is 2. The number of fused-ring (bicyclic) bond motifs is 1. The Kier molecular flexibility index (Phi) is 6.83. The maximum atomic E-state index is 13.0. The molecule has 1 amide bonds. The van der Waals surface area contributed by atoms with E-state index in [2.05, 4.69) is 15.0 Å². The van der Waals surface area contributed by atoms with E-state index in [1.54, 1.807) is 44.2 Å². The van der Waals surface area contributed by atoms with Gasteiger partial charge in [-0.3, -0.25) is 4.79 Å². The van der Waals surface area contributed by atoms with Gasteiger partial charge in [-0.1, -0.05) is 13.8 Å². The van der Waals surface area contributed by atoms with E-state index in [1.165, 1.54) is 31.6 Å². The number of nitrogens with one attached hydrogen (secondary N) is 2. The van der Waals surface area contributed by atoms with Crippen LogP contribution in [0, 0.1) is 12.8 Å². The second kappa shape index (κ2) is 9.21. The summed E-state index contributed by atoms with van der Waals surface area (Å²) in [5.41, 5.74) is 1.21. The molecule has 0 fully saturated rings. The second-order valence-electron chi connectivity index (χ2n) is 7.26. The quantitative estimate of drug-likeness (QED) is 0.529. The third-order valence-electron chi connectivity index (χ3n) is 4.66. The van der Waals surface area contributed by atoms with Gasteiger partial charge >= 0.3 is 0 Å². The lowest BCUT2D eigenvalue weighted by molar-refractivity contribution is -0.118. The predicted octanol–water partition coefficient (Wildman–Crippen LogP) is 3.56. The van der Waals surface area contributed by atoms with Gasteiger partial charge in [0.2, 0.25) is 15.9 Å². The van der Waals surface area contributed by atoms with Gasteiger partial charge in [-0.25, -0.2) is 13.4 Å². The minimum atomic E-state index is -3.92. The van der Waals surface area contributed by atoms with Crippen LogP contribution in [0.2, 0.25) is 0 Å². The van der Waals surface area contributed by atoms with E-state index < -0.39 is 22.0 Å². The summed E-state index contributed by atoms with van der Waals surface area (Å²) in [5.74, 6) is 0.218. The first-order valence-electron chi connectivity index (χ1n) is 9.57. The van der Waals surface area contributed by atoms with Gasteiger partial charge in [-0.15, -0.1) is 11.3 Å². The Balaban J connectivity index is 1.83. The van der Waals surface area contributed by atoms with Crippen molar-refractivity contribution in [1.82, 2.24) is 9.71 Å². The molecule has 10 heteroatoms. The Bertz CT molecular complexity index is 1200. The Morgan fingerprint density at radius 3 is 2.42 bits per heavy atom. The monoisotopic (exact) mass is 463 g/mol. The van der Waals surface area contributed by atoms with Gasteiger partial charge in [0, 0.05) is 11.8 Å². The van der Waals surface area contributed by atoms with E-state index in [9.17, 15) is 13.2 Å². The Labute approximate surface area is 185 Å². The van der Waals surface area contributed by atoms with Crippen molar-refractivity contribution in [2.24, 2.45) is 5.92 Å². The van der Waals surface area contributed by atoms with Crippen LogP contribution in [0.1, 0.15) is 18.9 Å². The molecule has 0 aliphatic heterocycles. The van der Waals surface area contributed by atoms with Crippen LogP contribution in [0.3, 0.4) is 0 Å². The number of carbonyl (C=O) groups is 1. The predicted molar refractivity (Wildman–Crippen MR) is 121 cm³/mol. The van der Waals surface area contributed by atoms with Gasteiger partial charge in [-0.2, -0.15) is 4.72 Å². The summed E-state index contributed by atoms with van der Waals surface area (Å²) in [5, 5.41) is 3.60. The molecule has 0 aliphatic rings. The van der Waals surface area contributed by atoms with Gasteiger partial charge in [-0.05, 0) is 43.2 Å². The highest BCUT2D eigenvalue weighted by molar-refractivity contribution is 7.89. The molecule has 8 nitrogen and oxygen atoms in total. The fraction of sp³-hybridized carbons (Fsp3) is 0.333. The Morgan fingerprint density at radius 1 is 1.06 bits per heavy atom. The molecule has 0 aliphatic carbocycles. The van der Waals surface area contributed by atoms with Crippen LogP contribution >= 0.6 is 11.3 Å². The zero-order chi connectivity index (χ0) is 22.8. The lowest BCUT2D eigenvalue weighted by Gasteiger charge is -2.22. The molecule has 0 saturated carbocycles. The number of benzene rings is 2. The van der Waals surface area contributed by atoms with Gasteiger partial charge in [0.15, 0.2) is 11.5 Å². The number of hydrogen-bond donors (Lipinski definition) is 2. The van der Waals surface area contributed by atoms with E-state index in [1.807, 2.05) is 6.92 Å². The van der Waals surface area contributed by atoms with Crippen molar-refractivity contribution >= 4 is 43.2 Å². The largest absolute Gasteiger partial charge is 0.493 e. The number of anilines is 1. The Morgan fingerprint density at radius 2 is 1.77 bits per heavy atom. The summed E-state index contributed by atoms with van der Waals surface area (Å²) >= 11 is 1.42. The average Bonchev–Trinajstić information content (AvgIpc) is 3.10. The van der Waals surface area contributed by atoms with E-state index in [0.717, 1.165) is 15.2 Å². The molecule has 3 aromatic rings. The van der Waals surface area contributed by atoms with Gasteiger partial charge < -0.3 is 14.8 Å². The topological polar surface area (TPSA) is 107 Å². The molecular formula is C21H25N3O5S2. The highest BCUT2D eigenvalue weighted by Crippen LogP contribution is 2.30. The zero-order valence-electron chi connectivity index (χ0n) is 17.9. The van der Waals surface area contributed by atoms with E-state index in [0.29, 0.717) is 17.2 Å². The molecule has 0 radical (unpaired) electrons. The molecule has 0 unspecified atom stereocenters. The number of ether oxygens (including phenoxy) is 2. The minimum absolute atomic E-state index is 0.0909. The van der Waals surface area contributed by atoms with Crippen molar-refractivity contribution in [2.75, 3.05) is 19.5 Å². The molecule has 2 N–H and O–H groups in total. The number of sulfonamides is 1. The fourth-order valence-corrected chi connectivity index (χ4v) is 5.36. The van der Waals surface area contributed by atoms with E-state index >= 15 is 0 Å². The molecule has 0 spiro atoms. The first-order chi connectivity index (χ1) is 14.6. The number of rotatable bonds is 8. The van der Waals surface area contributed by atoms with Crippen molar-refractivity contribution in [2.45, 2.75) is 31.7 Å². The third-order valence-corrected chi connectivity index (χ3v) is 7.03. The van der Waals surface area contributed by atoms with Crippen molar-refractivity contribution < 1.29 is 22.7 Å². The lowest BCUT2D eigenvalue weighted by Crippen LogP contribution is -2.47. The third kappa shape index (κ3) is 5.15. The minimum Gasteiger partial charge on any atom is -0.493 e. The van der Waals surface area contributed by atoms with Crippen molar-refractivity contribution in [3.8, 4) is 11.5 Å². The van der Waals surface area contributed by atoms with Gasteiger partial charge in [0.05, 0.1) is 34.3 Å². The summed E-state index contributed by atoms with van der Waals surface area (Å²) in [4.78, 5) is 17.4. The summed E-state index contributed by atoms with van der Waals surface area (Å²) < 4.78 is 39.7. The summed E-state index contributed by atoms with van der Waals surface area (Å²) in [7, 11) is -0.910. The van der Waals surface area contributed by atoms with E-state index in [4.69, 9.17) is 9.47 Å². The number of nitrogens with zero attached hydrogens (tertiary/aromatic N) is 1. The van der Waals surface area contributed by atoms with E-state index in [-0.39, 0.29) is 10.8 Å². The van der Waals surface area contributed by atoms with Crippen LogP contribution in [0.5, 0.6) is 11.5 Å². The second-order valence-corrected chi connectivity index (χ2v) is 10.2. The smallest absolute Gasteiger partial charge is 0.242 e. The summed E-state index contributed by atoms with van der Waals surface area (Å²) in [6.45, 7) is 5.42. The number of aromatic nitrogens is 1. The molecule has 0 bridgehead atoms. The maximum Gasteiger partial charge on any atom is 0.242 e. The van der Waals surface area contributed by atoms with Crippen LogP contribution in [0.15, 0.2) is 41.3 Å². The summed E-state index contributed by atoms with van der Waals surface area (Å²) in [6, 6.07) is 8.70. The summed E-state index contributed by atoms with van der Waals surface area (Å²) in [6.07, 6.45) is 0. The standard InChI is InChI=1S/C21H25N3O5S2/c1-12(2)20(21(25)23-14-6-9-17(28-4)18(10-14)29-5)24-31(26,27)15-7-8-16-19(11-15)30-13(3)22-16/h6-12,20,24H,1-5H3,(H,23,25)/t20-/m0/s1. The normalized spacial score (nSPS) is 12.7. The maximum absolute atomic E-state index is 13.0. The van der Waals surface area contributed by atoms with Crippen LogP contribution in [0.4, 0.5) is 5.69 Å². The molecule has 1 heterocycles. The highest BCUT2D eigenvalue weighted by atomic mass is 32.2. The molecule has 2 aromatic carbocycles. The zero-order valence-corrected chi connectivity index (χ0v) is 19.6. The van der Waals surface area contributed by atoms with Gasteiger partial charge in [0.1, 0.15) is 6.04 Å². The van der Waals surface area contributed by atoms with Crippen molar-refractivity contribution in [3.05, 3.63) is 41.4 Å². The van der Waals surface area contributed by atoms with Crippen LogP contribution < -0.4 is 19.5 Å². The Hall–Kier alpha value is -2.69. The number of carbonyl (C=O) groups excluding carboxylic acids is 1. The lowest BCUT2D eigenvalue weighted by atomic mass is 10.0. The molecule has 1 atom stereocenters. The fourth-order valence-electron chi connectivity index (χ4n) is 3.05. The van der Waals surface area contributed by atoms with Crippen molar-refractivity contribution in [1.29, 1.82) is 0 Å². The molecule has 1 aromatic heterocycles. The van der Waals surface area contributed by atoms with Crippen LogP contribution in [-0.2, 0) is 14.8 Å². The average molecular weight is 464 g/mol. The molecule has 166 valence electrons. The molecule has 3 rings (SSSR count). The number of hydrogen-bond acceptors (Lipinski definition) is 7. The number of aryl methyl sites for hydroxylation is 1. The van der Waals surface area contributed by atoms with Crippen LogP contribution in [0.25, 0.3) is 10.2 Å².